The molecular weight excluding hydrogens is 352 g/mol. The summed E-state index contributed by atoms with van der Waals surface area (Å²) in [5, 5.41) is -0.688. The van der Waals surface area contributed by atoms with Gasteiger partial charge in [0.2, 0.25) is 0 Å². The van der Waals surface area contributed by atoms with Gasteiger partial charge < -0.3 is 10.5 Å². The van der Waals surface area contributed by atoms with Crippen molar-refractivity contribution in [2.75, 3.05) is 6.61 Å². The maximum atomic E-state index is 13.8. The Morgan fingerprint density at radius 2 is 1.86 bits per heavy atom. The van der Waals surface area contributed by atoms with Crippen molar-refractivity contribution in [3.8, 4) is 0 Å². The van der Waals surface area contributed by atoms with Gasteiger partial charge in [-0.05, 0) is 18.9 Å². The fourth-order valence-corrected chi connectivity index (χ4v) is 2.48. The van der Waals surface area contributed by atoms with Crippen LogP contribution in [0.25, 0.3) is 0 Å². The number of hydrogen-bond acceptors (Lipinski definition) is 2. The Morgan fingerprint density at radius 3 is 2.36 bits per heavy atom. The Morgan fingerprint density at radius 1 is 1.23 bits per heavy atom. The van der Waals surface area contributed by atoms with E-state index in [-0.39, 0.29) is 30.8 Å². The van der Waals surface area contributed by atoms with E-state index in [1.54, 1.807) is 0 Å². The van der Waals surface area contributed by atoms with Gasteiger partial charge in [0.1, 0.15) is 16.7 Å². The van der Waals surface area contributed by atoms with E-state index in [1.807, 2.05) is 0 Å². The van der Waals surface area contributed by atoms with E-state index in [0.717, 1.165) is 12.1 Å². The van der Waals surface area contributed by atoms with Gasteiger partial charge in [-0.2, -0.15) is 13.2 Å². The molecule has 0 bridgehead atoms. The molecule has 0 spiro atoms. The van der Waals surface area contributed by atoms with E-state index in [0.29, 0.717) is 0 Å². The summed E-state index contributed by atoms with van der Waals surface area (Å²) in [5.41, 5.74) is 5.74. The highest BCUT2D eigenvalue weighted by molar-refractivity contribution is 6.30. The predicted octanol–water partition coefficient (Wildman–Crippen LogP) is 4.40. The maximum absolute atomic E-state index is 13.8. The number of rotatable bonds is 2. The number of nitrogens with two attached hydrogens (primary N) is 1. The van der Waals surface area contributed by atoms with Gasteiger partial charge in [0.25, 0.3) is 0 Å². The second-order valence-corrected chi connectivity index (χ2v) is 5.36. The minimum atomic E-state index is -4.32. The number of alkyl halides is 3. The molecule has 0 amide bonds. The number of benzene rings is 1. The molecule has 1 heterocycles. The largest absolute Gasteiger partial charge is 0.394 e. The molecule has 0 radical (unpaired) electrons. The average molecular weight is 366 g/mol. The predicted molar refractivity (Wildman–Crippen MR) is 74.1 cm³/mol. The van der Waals surface area contributed by atoms with Crippen LogP contribution in [-0.4, -0.2) is 18.9 Å². The second kappa shape index (κ2) is 7.29. The van der Waals surface area contributed by atoms with Crippen molar-refractivity contribution in [2.45, 2.75) is 31.2 Å². The third-order valence-corrected chi connectivity index (χ3v) is 3.95. The van der Waals surface area contributed by atoms with E-state index >= 15 is 0 Å². The lowest BCUT2D eigenvalue weighted by molar-refractivity contribution is -0.209. The Kier molecular flexibility index (Phi) is 6.44. The van der Waals surface area contributed by atoms with Crippen LogP contribution in [0.5, 0.6) is 0 Å². The van der Waals surface area contributed by atoms with Crippen molar-refractivity contribution < 1.29 is 26.7 Å². The second-order valence-electron chi connectivity index (χ2n) is 4.98. The van der Waals surface area contributed by atoms with Gasteiger partial charge >= 0.3 is 6.18 Å². The molecule has 2 N–H and O–H groups in total. The van der Waals surface area contributed by atoms with Crippen LogP contribution < -0.4 is 5.73 Å². The molecule has 1 aliphatic heterocycles. The molecule has 2 nitrogen and oxygen atoms in total. The first-order valence-corrected chi connectivity index (χ1v) is 6.67. The van der Waals surface area contributed by atoms with Crippen molar-refractivity contribution in [3.63, 3.8) is 0 Å². The summed E-state index contributed by atoms with van der Waals surface area (Å²) in [5.74, 6) is -3.47. The van der Waals surface area contributed by atoms with Crippen LogP contribution in [0.3, 0.4) is 0 Å². The molecule has 1 aromatic carbocycles. The summed E-state index contributed by atoms with van der Waals surface area (Å²) < 4.78 is 69.6. The molecule has 1 unspecified atom stereocenters. The summed E-state index contributed by atoms with van der Waals surface area (Å²) in [6.07, 6.45) is -5.18. The number of ether oxygens (including phenoxy) is 1. The quantitative estimate of drug-likeness (QED) is 0.622. The van der Waals surface area contributed by atoms with Gasteiger partial charge in [0, 0.05) is 5.56 Å². The monoisotopic (exact) mass is 365 g/mol. The Hall–Kier alpha value is -0.630. The maximum Gasteiger partial charge on any atom is 0.394 e. The first kappa shape index (κ1) is 19.4. The minimum absolute atomic E-state index is 0. The first-order valence-electron chi connectivity index (χ1n) is 6.29. The summed E-state index contributed by atoms with van der Waals surface area (Å²) >= 11 is 5.45. The van der Waals surface area contributed by atoms with Crippen molar-refractivity contribution in [2.24, 2.45) is 11.7 Å². The molecule has 126 valence electrons. The number of hydrogen-bond donors (Lipinski definition) is 1. The average Bonchev–Trinajstić information content (AvgIpc) is 2.43. The molecule has 0 saturated carbocycles. The molecule has 1 saturated heterocycles. The summed E-state index contributed by atoms with van der Waals surface area (Å²) in [7, 11) is 0. The molecule has 9 heteroatoms. The lowest BCUT2D eigenvalue weighted by atomic mass is 9.91. The van der Waals surface area contributed by atoms with Crippen LogP contribution in [0.4, 0.5) is 22.0 Å². The summed E-state index contributed by atoms with van der Waals surface area (Å²) in [4.78, 5) is 0. The number of halogens is 7. The van der Waals surface area contributed by atoms with E-state index < -0.39 is 47.5 Å². The van der Waals surface area contributed by atoms with Crippen LogP contribution in [-0.2, 0) is 4.74 Å². The van der Waals surface area contributed by atoms with Gasteiger partial charge in [-0.25, -0.2) is 8.78 Å². The third kappa shape index (κ3) is 4.01. The summed E-state index contributed by atoms with van der Waals surface area (Å²) in [6, 6.07) is 1.08. The molecule has 1 aliphatic rings. The Labute approximate surface area is 135 Å². The molecule has 3 atom stereocenters. The highest BCUT2D eigenvalue weighted by Gasteiger charge is 2.43. The SMILES string of the molecule is Cl.NC(c1ccc(F)c(Cl)c1F)[C@H]1CC[C@H](C(F)(F)F)CO1. The fraction of sp³-hybridized carbons (Fsp3) is 0.538. The normalized spacial score (nSPS) is 23.8. The van der Waals surface area contributed by atoms with E-state index in [2.05, 4.69) is 0 Å². The smallest absolute Gasteiger partial charge is 0.376 e. The molecule has 1 aromatic rings. The first-order chi connectivity index (χ1) is 9.71. The summed E-state index contributed by atoms with van der Waals surface area (Å²) in [6.45, 7) is -0.515. The lowest BCUT2D eigenvalue weighted by Gasteiger charge is -2.33. The van der Waals surface area contributed by atoms with Gasteiger partial charge in [-0.3, -0.25) is 0 Å². The minimum Gasteiger partial charge on any atom is -0.376 e. The molecule has 0 aromatic heterocycles. The van der Waals surface area contributed by atoms with Gasteiger partial charge in [-0.15, -0.1) is 12.4 Å². The van der Waals surface area contributed by atoms with Gasteiger partial charge in [-0.1, -0.05) is 17.7 Å². The zero-order valence-electron chi connectivity index (χ0n) is 11.2. The Bertz CT molecular complexity index is 518. The Balaban J connectivity index is 0.00000242. The van der Waals surface area contributed by atoms with Crippen LogP contribution in [0.2, 0.25) is 5.02 Å². The van der Waals surface area contributed by atoms with Gasteiger partial charge in [0.15, 0.2) is 0 Å². The van der Waals surface area contributed by atoms with Crippen LogP contribution >= 0.6 is 24.0 Å². The van der Waals surface area contributed by atoms with Gasteiger partial charge in [0.05, 0.1) is 24.7 Å². The standard InChI is InChI=1S/C13H13ClF5NO.ClH/c14-10-8(15)3-2-7(11(10)16)12(20)9-4-1-6(5-21-9)13(17,18)19;/h2-3,6,9,12H,1,4-5,20H2;1H/t6-,9+,12?;/m0./s1. The zero-order valence-corrected chi connectivity index (χ0v) is 12.7. The van der Waals surface area contributed by atoms with Crippen molar-refractivity contribution >= 4 is 24.0 Å². The highest BCUT2D eigenvalue weighted by atomic mass is 35.5. The molecule has 1 fully saturated rings. The zero-order chi connectivity index (χ0) is 15.8. The third-order valence-electron chi connectivity index (χ3n) is 3.60. The molecule has 2 rings (SSSR count). The van der Waals surface area contributed by atoms with Crippen molar-refractivity contribution in [1.82, 2.24) is 0 Å². The topological polar surface area (TPSA) is 35.2 Å². The van der Waals surface area contributed by atoms with Crippen LogP contribution in [0, 0.1) is 17.6 Å². The molecular formula is C13H14Cl2F5NO. The fourth-order valence-electron chi connectivity index (χ4n) is 2.31. The van der Waals surface area contributed by atoms with E-state index in [1.165, 1.54) is 0 Å². The van der Waals surface area contributed by atoms with Crippen LogP contribution in [0.1, 0.15) is 24.4 Å². The van der Waals surface area contributed by atoms with E-state index in [9.17, 15) is 22.0 Å². The molecule has 0 aliphatic carbocycles. The van der Waals surface area contributed by atoms with Crippen LogP contribution in [0.15, 0.2) is 12.1 Å². The van der Waals surface area contributed by atoms with Crippen molar-refractivity contribution in [3.05, 3.63) is 34.4 Å². The van der Waals surface area contributed by atoms with E-state index in [4.69, 9.17) is 22.1 Å². The highest BCUT2D eigenvalue weighted by Crippen LogP contribution is 2.37. The van der Waals surface area contributed by atoms with Crippen molar-refractivity contribution in [1.29, 1.82) is 0 Å². The lowest BCUT2D eigenvalue weighted by Crippen LogP contribution is -2.39. The molecule has 22 heavy (non-hydrogen) atoms.